The first-order valence-electron chi connectivity index (χ1n) is 12.5. The van der Waals surface area contributed by atoms with Gasteiger partial charge >= 0.3 is 0 Å². The Morgan fingerprint density at radius 2 is 1.57 bits per heavy atom. The molecule has 2 aromatic carbocycles. The fraction of sp³-hybridized carbons (Fsp3) is 0.429. The van der Waals surface area contributed by atoms with Gasteiger partial charge in [-0.1, -0.05) is 55.5 Å². The molecule has 0 amide bonds. The Bertz CT molecular complexity index is 1580. The van der Waals surface area contributed by atoms with Crippen LogP contribution in [0.1, 0.15) is 52.4 Å². The lowest BCUT2D eigenvalue weighted by Gasteiger charge is -2.65. The first-order valence-corrected chi connectivity index (χ1v) is 14.0. The Balaban J connectivity index is 1.41. The average Bonchev–Trinajstić information content (AvgIpc) is 3.22. The summed E-state index contributed by atoms with van der Waals surface area (Å²) in [5, 5.41) is 13.5. The molecule has 2 aromatic heterocycles. The molecule has 2 unspecified atom stereocenters. The smallest absolute Gasteiger partial charge is 0.227 e. The lowest BCUT2D eigenvalue weighted by atomic mass is 9.43. The monoisotopic (exact) mass is 486 g/mol. The zero-order valence-electron chi connectivity index (χ0n) is 20.2. The minimum absolute atomic E-state index is 0.00180. The van der Waals surface area contributed by atoms with Gasteiger partial charge in [-0.25, -0.2) is 12.9 Å². The third kappa shape index (κ3) is 3.17. The number of benzene rings is 2. The quantitative estimate of drug-likeness (QED) is 0.390. The second-order valence-corrected chi connectivity index (χ2v) is 14.0. The van der Waals surface area contributed by atoms with Gasteiger partial charge in [0.05, 0.1) is 10.4 Å². The number of pyridine rings is 1. The fourth-order valence-electron chi connectivity index (χ4n) is 8.56. The van der Waals surface area contributed by atoms with Crippen molar-refractivity contribution in [3.8, 4) is 0 Å². The molecule has 4 aliphatic carbocycles. The van der Waals surface area contributed by atoms with E-state index < -0.39 is 9.84 Å². The van der Waals surface area contributed by atoms with Crippen molar-refractivity contribution in [2.45, 2.75) is 67.8 Å². The topological polar surface area (TPSA) is 76.4 Å². The number of hydrogen-bond donors (Lipinski definition) is 1. The zero-order valence-corrected chi connectivity index (χ0v) is 21.0. The molecule has 4 saturated carbocycles. The molecule has 35 heavy (non-hydrogen) atoms. The van der Waals surface area contributed by atoms with Gasteiger partial charge in [0, 0.05) is 16.6 Å². The van der Waals surface area contributed by atoms with Crippen LogP contribution in [-0.2, 0) is 9.84 Å². The summed E-state index contributed by atoms with van der Waals surface area (Å²) < 4.78 is 28.7. The summed E-state index contributed by atoms with van der Waals surface area (Å²) in [6.45, 7) is 4.94. The minimum Gasteiger partial charge on any atom is -0.379 e. The van der Waals surface area contributed by atoms with E-state index >= 15 is 0 Å². The van der Waals surface area contributed by atoms with Crippen molar-refractivity contribution >= 4 is 31.9 Å². The maximum absolute atomic E-state index is 13.5. The Morgan fingerprint density at radius 1 is 0.886 bits per heavy atom. The molecular weight excluding hydrogens is 456 g/mol. The number of aromatic nitrogens is 3. The van der Waals surface area contributed by atoms with Gasteiger partial charge in [-0.05, 0) is 79.5 Å². The van der Waals surface area contributed by atoms with Gasteiger partial charge in [-0.2, -0.15) is 0 Å². The summed E-state index contributed by atoms with van der Waals surface area (Å²) in [5.74, 6) is 0.759. The molecule has 0 aliphatic heterocycles. The van der Waals surface area contributed by atoms with E-state index in [1.54, 1.807) is 28.8 Å². The van der Waals surface area contributed by atoms with Gasteiger partial charge < -0.3 is 5.32 Å². The third-order valence-electron chi connectivity index (χ3n) is 8.71. The normalized spacial score (nSPS) is 31.9. The van der Waals surface area contributed by atoms with Crippen molar-refractivity contribution in [1.29, 1.82) is 0 Å². The molecule has 8 rings (SSSR count). The fourth-order valence-corrected chi connectivity index (χ4v) is 9.86. The summed E-state index contributed by atoms with van der Waals surface area (Å²) in [7, 11) is -3.80. The summed E-state index contributed by atoms with van der Waals surface area (Å²) in [5.41, 5.74) is 3.14. The molecule has 4 fully saturated rings. The van der Waals surface area contributed by atoms with Crippen LogP contribution >= 0.6 is 0 Å². The Kier molecular flexibility index (Phi) is 4.18. The highest BCUT2D eigenvalue weighted by atomic mass is 32.2. The maximum Gasteiger partial charge on any atom is 0.227 e. The number of hydrogen-bond acceptors (Lipinski definition) is 5. The molecule has 2 heterocycles. The SMILES string of the molecule is C[C@]12CC3CC(Nc4cc5c(S(=O)(=O)c6ccccc6)nnn5c5ccccc45)(C1)C[C@@](C)(C3)C2. The molecule has 180 valence electrons. The van der Waals surface area contributed by atoms with Crippen LogP contribution < -0.4 is 5.32 Å². The highest BCUT2D eigenvalue weighted by Gasteiger charge is 2.60. The van der Waals surface area contributed by atoms with Crippen LogP contribution in [0.4, 0.5) is 5.69 Å². The van der Waals surface area contributed by atoms with Gasteiger partial charge in [0.2, 0.25) is 14.9 Å². The number of nitrogens with one attached hydrogen (secondary N) is 1. The lowest BCUT2D eigenvalue weighted by molar-refractivity contribution is -0.0972. The Morgan fingerprint density at radius 3 is 2.29 bits per heavy atom. The Hall–Kier alpha value is -2.93. The van der Waals surface area contributed by atoms with Crippen LogP contribution in [0, 0.1) is 16.7 Å². The van der Waals surface area contributed by atoms with Crippen LogP contribution in [0.5, 0.6) is 0 Å². The summed E-state index contributed by atoms with van der Waals surface area (Å²) in [6.07, 6.45) is 7.49. The number of para-hydroxylation sites is 1. The van der Waals surface area contributed by atoms with Gasteiger partial charge in [-0.3, -0.25) is 0 Å². The number of sulfone groups is 1. The largest absolute Gasteiger partial charge is 0.379 e. The Labute approximate surface area is 205 Å². The van der Waals surface area contributed by atoms with E-state index in [1.165, 1.54) is 25.7 Å². The van der Waals surface area contributed by atoms with E-state index in [2.05, 4.69) is 35.5 Å². The summed E-state index contributed by atoms with van der Waals surface area (Å²) in [4.78, 5) is 0.229. The average molecular weight is 487 g/mol. The summed E-state index contributed by atoms with van der Waals surface area (Å²) >= 11 is 0. The minimum atomic E-state index is -3.80. The highest BCUT2D eigenvalue weighted by molar-refractivity contribution is 7.91. The first-order chi connectivity index (χ1) is 16.7. The van der Waals surface area contributed by atoms with Gasteiger partial charge in [0.1, 0.15) is 5.52 Å². The number of nitrogens with zero attached hydrogens (tertiary/aromatic N) is 3. The molecule has 7 heteroatoms. The maximum atomic E-state index is 13.5. The molecule has 6 nitrogen and oxygen atoms in total. The number of fused-ring (bicyclic) bond motifs is 3. The van der Waals surface area contributed by atoms with Gasteiger partial charge in [-0.15, -0.1) is 5.10 Å². The van der Waals surface area contributed by atoms with E-state index in [1.807, 2.05) is 30.3 Å². The standard InChI is InChI=1S/C28H30N4O2S/c1-26-13-19-14-27(2,16-26)18-28(15-19,17-26)29-22-12-24-25(35(33,34)20-8-4-3-5-9-20)30-31-32(24)23-11-7-6-10-21(22)23/h3-12,19,29H,13-18H2,1-2H3/t19?,26-,27+,28?. The molecule has 0 spiro atoms. The van der Waals surface area contributed by atoms with E-state index in [-0.39, 0.29) is 15.5 Å². The van der Waals surface area contributed by atoms with Crippen molar-refractivity contribution in [3.63, 3.8) is 0 Å². The molecule has 1 N–H and O–H groups in total. The molecule has 4 aliphatic rings. The van der Waals surface area contributed by atoms with E-state index in [4.69, 9.17) is 0 Å². The van der Waals surface area contributed by atoms with Crippen molar-refractivity contribution in [3.05, 3.63) is 60.7 Å². The second kappa shape index (κ2) is 6.84. The summed E-state index contributed by atoms with van der Waals surface area (Å²) in [6, 6.07) is 18.5. The lowest BCUT2D eigenvalue weighted by Crippen LogP contribution is -2.61. The molecule has 4 bridgehead atoms. The number of anilines is 1. The predicted octanol–water partition coefficient (Wildman–Crippen LogP) is 5.88. The molecule has 4 aromatic rings. The van der Waals surface area contributed by atoms with Crippen molar-refractivity contribution in [1.82, 2.24) is 14.8 Å². The van der Waals surface area contributed by atoms with E-state index in [9.17, 15) is 8.42 Å². The second-order valence-electron chi connectivity index (χ2n) is 12.1. The third-order valence-corrected chi connectivity index (χ3v) is 10.4. The zero-order chi connectivity index (χ0) is 24.1. The van der Waals surface area contributed by atoms with E-state index in [0.717, 1.165) is 35.3 Å². The van der Waals surface area contributed by atoms with Crippen molar-refractivity contribution in [2.75, 3.05) is 5.32 Å². The van der Waals surface area contributed by atoms with Crippen molar-refractivity contribution < 1.29 is 8.42 Å². The number of rotatable bonds is 4. The molecule has 0 saturated heterocycles. The van der Waals surface area contributed by atoms with Crippen LogP contribution in [0.25, 0.3) is 16.4 Å². The van der Waals surface area contributed by atoms with Crippen molar-refractivity contribution in [2.24, 2.45) is 16.7 Å². The molecule has 0 radical (unpaired) electrons. The first kappa shape index (κ1) is 21.4. The van der Waals surface area contributed by atoms with Gasteiger partial charge in [0.15, 0.2) is 0 Å². The molecular formula is C28H30N4O2S. The van der Waals surface area contributed by atoms with Gasteiger partial charge in [0.25, 0.3) is 0 Å². The highest BCUT2D eigenvalue weighted by Crippen LogP contribution is 2.67. The van der Waals surface area contributed by atoms with Crippen LogP contribution in [-0.4, -0.2) is 28.8 Å². The molecule has 4 atom stereocenters. The van der Waals surface area contributed by atoms with Crippen LogP contribution in [0.15, 0.2) is 70.6 Å². The van der Waals surface area contributed by atoms with Crippen LogP contribution in [0.2, 0.25) is 0 Å². The predicted molar refractivity (Wildman–Crippen MR) is 136 cm³/mol. The van der Waals surface area contributed by atoms with Crippen LogP contribution in [0.3, 0.4) is 0 Å². The van der Waals surface area contributed by atoms with E-state index in [0.29, 0.717) is 16.3 Å².